The Bertz CT molecular complexity index is 280. The van der Waals surface area contributed by atoms with Gasteiger partial charge < -0.3 is 0 Å². The zero-order chi connectivity index (χ0) is 13.1. The molecule has 3 unspecified atom stereocenters. The predicted molar refractivity (Wildman–Crippen MR) is 74.7 cm³/mol. The van der Waals surface area contributed by atoms with Crippen molar-refractivity contribution in [2.75, 3.05) is 26.7 Å². The van der Waals surface area contributed by atoms with Crippen LogP contribution in [0.1, 0.15) is 46.0 Å². The van der Waals surface area contributed by atoms with Crippen LogP contribution in [-0.2, 0) is 4.79 Å². The SMILES string of the molecule is CC1CN(CC2CCCCCC2=O)CC(C)N1C. The van der Waals surface area contributed by atoms with Crippen LogP contribution < -0.4 is 0 Å². The number of likely N-dealkylation sites (N-methyl/N-ethyl adjacent to an activating group) is 1. The normalized spacial score (nSPS) is 36.6. The van der Waals surface area contributed by atoms with Gasteiger partial charge in [-0.25, -0.2) is 0 Å². The fourth-order valence-electron chi connectivity index (χ4n) is 3.40. The molecule has 0 aromatic rings. The molecule has 18 heavy (non-hydrogen) atoms. The van der Waals surface area contributed by atoms with Gasteiger partial charge in [0.1, 0.15) is 5.78 Å². The van der Waals surface area contributed by atoms with Crippen LogP contribution in [0.5, 0.6) is 0 Å². The summed E-state index contributed by atoms with van der Waals surface area (Å²) < 4.78 is 0. The summed E-state index contributed by atoms with van der Waals surface area (Å²) in [4.78, 5) is 17.0. The molecule has 1 saturated heterocycles. The van der Waals surface area contributed by atoms with E-state index in [0.717, 1.165) is 38.9 Å². The Morgan fingerprint density at radius 3 is 2.44 bits per heavy atom. The van der Waals surface area contributed by atoms with Crippen molar-refractivity contribution in [3.63, 3.8) is 0 Å². The third-order valence-electron chi connectivity index (χ3n) is 4.85. The van der Waals surface area contributed by atoms with E-state index in [1.165, 1.54) is 12.8 Å². The molecule has 1 heterocycles. The lowest BCUT2D eigenvalue weighted by Crippen LogP contribution is -2.56. The van der Waals surface area contributed by atoms with Crippen molar-refractivity contribution >= 4 is 5.78 Å². The van der Waals surface area contributed by atoms with Gasteiger partial charge in [-0.15, -0.1) is 0 Å². The van der Waals surface area contributed by atoms with E-state index in [1.807, 2.05) is 0 Å². The van der Waals surface area contributed by atoms with E-state index in [9.17, 15) is 4.79 Å². The molecule has 1 aliphatic carbocycles. The molecule has 0 radical (unpaired) electrons. The van der Waals surface area contributed by atoms with Crippen LogP contribution in [0.2, 0.25) is 0 Å². The Kier molecular flexibility index (Phi) is 4.79. The van der Waals surface area contributed by atoms with Gasteiger partial charge in [0, 0.05) is 44.1 Å². The van der Waals surface area contributed by atoms with E-state index < -0.39 is 0 Å². The molecule has 1 saturated carbocycles. The average Bonchev–Trinajstić information content (AvgIpc) is 2.52. The molecule has 0 N–H and O–H groups in total. The summed E-state index contributed by atoms with van der Waals surface area (Å²) in [5.41, 5.74) is 0. The largest absolute Gasteiger partial charge is 0.300 e. The first kappa shape index (κ1) is 14.0. The van der Waals surface area contributed by atoms with Gasteiger partial charge in [-0.2, -0.15) is 0 Å². The standard InChI is InChI=1S/C15H28N2O/c1-12-9-17(10-13(2)16(12)3)11-14-7-5-4-6-8-15(14)18/h12-14H,4-11H2,1-3H3. The molecule has 0 spiro atoms. The van der Waals surface area contributed by atoms with Crippen molar-refractivity contribution in [1.29, 1.82) is 0 Å². The van der Waals surface area contributed by atoms with Gasteiger partial charge in [0.15, 0.2) is 0 Å². The number of carbonyl (C=O) groups is 1. The van der Waals surface area contributed by atoms with Gasteiger partial charge in [-0.3, -0.25) is 14.6 Å². The first-order chi connectivity index (χ1) is 8.58. The summed E-state index contributed by atoms with van der Waals surface area (Å²) >= 11 is 0. The predicted octanol–water partition coefficient (Wildman–Crippen LogP) is 2.16. The summed E-state index contributed by atoms with van der Waals surface area (Å²) in [6.07, 6.45) is 5.55. The number of hydrogen-bond donors (Lipinski definition) is 0. The summed E-state index contributed by atoms with van der Waals surface area (Å²) in [6, 6.07) is 1.21. The van der Waals surface area contributed by atoms with Gasteiger partial charge in [-0.05, 0) is 33.7 Å². The third-order valence-corrected chi connectivity index (χ3v) is 4.85. The number of hydrogen-bond acceptors (Lipinski definition) is 3. The van der Waals surface area contributed by atoms with Crippen molar-refractivity contribution in [2.24, 2.45) is 5.92 Å². The van der Waals surface area contributed by atoms with Crippen LogP contribution in [0, 0.1) is 5.92 Å². The maximum Gasteiger partial charge on any atom is 0.137 e. The molecule has 0 bridgehead atoms. The molecule has 0 amide bonds. The molecule has 3 nitrogen and oxygen atoms in total. The zero-order valence-electron chi connectivity index (χ0n) is 12.2. The van der Waals surface area contributed by atoms with Crippen molar-refractivity contribution in [3.05, 3.63) is 0 Å². The highest BCUT2D eigenvalue weighted by molar-refractivity contribution is 5.81. The van der Waals surface area contributed by atoms with Crippen molar-refractivity contribution in [2.45, 2.75) is 58.0 Å². The first-order valence-electron chi connectivity index (χ1n) is 7.55. The number of rotatable bonds is 2. The van der Waals surface area contributed by atoms with Gasteiger partial charge >= 0.3 is 0 Å². The Morgan fingerprint density at radius 2 is 1.78 bits per heavy atom. The molecule has 1 aliphatic heterocycles. The molecule has 3 heteroatoms. The quantitative estimate of drug-likeness (QED) is 0.704. The van der Waals surface area contributed by atoms with Gasteiger partial charge in [0.05, 0.1) is 0 Å². The highest BCUT2D eigenvalue weighted by atomic mass is 16.1. The van der Waals surface area contributed by atoms with Crippen LogP contribution in [-0.4, -0.2) is 54.3 Å². The van der Waals surface area contributed by atoms with Gasteiger partial charge in [-0.1, -0.05) is 12.8 Å². The van der Waals surface area contributed by atoms with Crippen LogP contribution in [0.3, 0.4) is 0 Å². The monoisotopic (exact) mass is 252 g/mol. The van der Waals surface area contributed by atoms with Crippen LogP contribution in [0.15, 0.2) is 0 Å². The topological polar surface area (TPSA) is 23.6 Å². The number of ketones is 1. The molecule has 0 aromatic carbocycles. The molecule has 3 atom stereocenters. The van der Waals surface area contributed by atoms with E-state index in [2.05, 4.69) is 30.7 Å². The molecule has 2 aliphatic rings. The molecule has 2 fully saturated rings. The zero-order valence-corrected chi connectivity index (χ0v) is 12.2. The van der Waals surface area contributed by atoms with E-state index in [1.54, 1.807) is 0 Å². The van der Waals surface area contributed by atoms with Crippen molar-refractivity contribution in [3.8, 4) is 0 Å². The number of nitrogens with zero attached hydrogens (tertiary/aromatic N) is 2. The van der Waals surface area contributed by atoms with Crippen molar-refractivity contribution < 1.29 is 4.79 Å². The Hall–Kier alpha value is -0.410. The minimum Gasteiger partial charge on any atom is -0.300 e. The lowest BCUT2D eigenvalue weighted by atomic mass is 9.97. The second-order valence-corrected chi connectivity index (χ2v) is 6.34. The highest BCUT2D eigenvalue weighted by Gasteiger charge is 2.30. The number of piperazine rings is 1. The van der Waals surface area contributed by atoms with Crippen LogP contribution >= 0.6 is 0 Å². The van der Waals surface area contributed by atoms with Crippen molar-refractivity contribution in [1.82, 2.24) is 9.80 Å². The van der Waals surface area contributed by atoms with Gasteiger partial charge in [0.2, 0.25) is 0 Å². The molecule has 2 rings (SSSR count). The van der Waals surface area contributed by atoms with E-state index in [4.69, 9.17) is 0 Å². The average molecular weight is 252 g/mol. The maximum atomic E-state index is 12.1. The Labute approximate surface area is 112 Å². The second kappa shape index (κ2) is 6.16. The fourth-order valence-corrected chi connectivity index (χ4v) is 3.40. The minimum absolute atomic E-state index is 0.315. The summed E-state index contributed by atoms with van der Waals surface area (Å²) in [7, 11) is 2.21. The fraction of sp³-hybridized carbons (Fsp3) is 0.933. The third kappa shape index (κ3) is 3.33. The number of carbonyl (C=O) groups excluding carboxylic acids is 1. The molecular weight excluding hydrogens is 224 g/mol. The van der Waals surface area contributed by atoms with Gasteiger partial charge in [0.25, 0.3) is 0 Å². The lowest BCUT2D eigenvalue weighted by Gasteiger charge is -2.43. The maximum absolute atomic E-state index is 12.1. The lowest BCUT2D eigenvalue weighted by molar-refractivity contribution is -0.123. The summed E-state index contributed by atoms with van der Waals surface area (Å²) in [5, 5.41) is 0. The minimum atomic E-state index is 0.315. The van der Waals surface area contributed by atoms with E-state index >= 15 is 0 Å². The van der Waals surface area contributed by atoms with E-state index in [0.29, 0.717) is 23.8 Å². The highest BCUT2D eigenvalue weighted by Crippen LogP contribution is 2.23. The van der Waals surface area contributed by atoms with Crippen LogP contribution in [0.25, 0.3) is 0 Å². The smallest absolute Gasteiger partial charge is 0.137 e. The first-order valence-corrected chi connectivity index (χ1v) is 7.55. The summed E-state index contributed by atoms with van der Waals surface area (Å²) in [5.74, 6) is 0.835. The molecule has 0 aromatic heterocycles. The Morgan fingerprint density at radius 1 is 1.11 bits per heavy atom. The van der Waals surface area contributed by atoms with E-state index in [-0.39, 0.29) is 0 Å². The molecular formula is C15H28N2O. The molecule has 104 valence electrons. The summed E-state index contributed by atoms with van der Waals surface area (Å²) in [6.45, 7) is 7.81. The van der Waals surface area contributed by atoms with Crippen LogP contribution in [0.4, 0.5) is 0 Å². The number of Topliss-reactive ketones (excluding diaryl/α,β-unsaturated/α-hetero) is 1. The Balaban J connectivity index is 1.90. The second-order valence-electron chi connectivity index (χ2n) is 6.34.